The molecule has 1 N–H and O–H groups in total. The number of aryl methyl sites for hydroxylation is 1. The van der Waals surface area contributed by atoms with Crippen LogP contribution in [-0.4, -0.2) is 29.2 Å². The molecular formula is C20H19F2N3O3S. The third-order valence-electron chi connectivity index (χ3n) is 3.90. The number of carbonyl (C=O) groups excluding carboxylic acids is 1. The lowest BCUT2D eigenvalue weighted by Crippen LogP contribution is -2.26. The average Bonchev–Trinajstić information content (AvgIpc) is 3.12. The van der Waals surface area contributed by atoms with Crippen molar-refractivity contribution in [1.82, 2.24) is 15.5 Å². The maximum Gasteiger partial charge on any atom is 0.387 e. The van der Waals surface area contributed by atoms with Gasteiger partial charge in [0.1, 0.15) is 5.75 Å². The normalized spacial score (nSPS) is 10.9. The lowest BCUT2D eigenvalue weighted by atomic mass is 10.1. The number of thioether (sulfide) groups is 1. The number of alkyl halides is 2. The highest BCUT2D eigenvalue weighted by Gasteiger charge is 2.13. The summed E-state index contributed by atoms with van der Waals surface area (Å²) in [6.07, 6.45) is 0.567. The van der Waals surface area contributed by atoms with Crippen molar-refractivity contribution in [3.63, 3.8) is 0 Å². The second kappa shape index (κ2) is 10.0. The molecule has 0 unspecified atom stereocenters. The van der Waals surface area contributed by atoms with Gasteiger partial charge >= 0.3 is 6.61 Å². The van der Waals surface area contributed by atoms with Crippen LogP contribution in [0.15, 0.2) is 57.9 Å². The molecule has 1 aromatic heterocycles. The summed E-state index contributed by atoms with van der Waals surface area (Å²) < 4.78 is 33.8. The van der Waals surface area contributed by atoms with Gasteiger partial charge in [0.2, 0.25) is 5.89 Å². The standard InChI is InChI=1S/C20H19F2N3O3S/c1-13-24-18(28-25-13)12-29-17-5-3-2-4-16(17)19(26)23-11-10-14-6-8-15(9-7-14)27-20(21)22/h2-9,20H,10-12H2,1H3,(H,23,26). The number of hydrogen-bond acceptors (Lipinski definition) is 6. The van der Waals surface area contributed by atoms with E-state index in [0.717, 1.165) is 10.5 Å². The number of benzene rings is 2. The summed E-state index contributed by atoms with van der Waals surface area (Å²) in [5, 5.41) is 6.63. The molecule has 0 saturated heterocycles. The number of amides is 1. The van der Waals surface area contributed by atoms with Crippen LogP contribution in [-0.2, 0) is 12.2 Å². The van der Waals surface area contributed by atoms with Gasteiger partial charge in [-0.1, -0.05) is 29.4 Å². The minimum Gasteiger partial charge on any atom is -0.435 e. The van der Waals surface area contributed by atoms with Gasteiger partial charge in [-0.15, -0.1) is 11.8 Å². The van der Waals surface area contributed by atoms with Gasteiger partial charge in [0.05, 0.1) is 11.3 Å². The molecule has 3 rings (SSSR count). The van der Waals surface area contributed by atoms with E-state index in [9.17, 15) is 13.6 Å². The smallest absolute Gasteiger partial charge is 0.387 e. The van der Waals surface area contributed by atoms with E-state index in [2.05, 4.69) is 20.2 Å². The molecular weight excluding hydrogens is 400 g/mol. The van der Waals surface area contributed by atoms with E-state index in [-0.39, 0.29) is 11.7 Å². The Hall–Kier alpha value is -2.94. The molecule has 0 radical (unpaired) electrons. The lowest BCUT2D eigenvalue weighted by Gasteiger charge is -2.10. The molecule has 2 aromatic carbocycles. The third kappa shape index (κ3) is 6.28. The first kappa shape index (κ1) is 20.8. The van der Waals surface area contributed by atoms with Gasteiger partial charge in [0, 0.05) is 11.4 Å². The maximum atomic E-state index is 12.6. The summed E-state index contributed by atoms with van der Waals surface area (Å²) in [6.45, 7) is -0.685. The number of nitrogens with one attached hydrogen (secondary N) is 1. The Morgan fingerprint density at radius 3 is 2.66 bits per heavy atom. The zero-order valence-corrected chi connectivity index (χ0v) is 16.4. The molecule has 0 atom stereocenters. The number of halogens is 2. The zero-order chi connectivity index (χ0) is 20.6. The molecule has 0 aliphatic heterocycles. The average molecular weight is 419 g/mol. The summed E-state index contributed by atoms with van der Waals surface area (Å²) in [5.41, 5.74) is 1.47. The summed E-state index contributed by atoms with van der Waals surface area (Å²) in [7, 11) is 0. The van der Waals surface area contributed by atoms with Gasteiger partial charge in [-0.3, -0.25) is 4.79 Å². The largest absolute Gasteiger partial charge is 0.435 e. The highest BCUT2D eigenvalue weighted by atomic mass is 32.2. The van der Waals surface area contributed by atoms with Crippen LogP contribution >= 0.6 is 11.8 Å². The number of nitrogens with zero attached hydrogens (tertiary/aromatic N) is 2. The van der Waals surface area contributed by atoms with Gasteiger partial charge in [-0.2, -0.15) is 13.8 Å². The first-order valence-corrected chi connectivity index (χ1v) is 9.83. The molecule has 0 bridgehead atoms. The Labute approximate surface area is 170 Å². The molecule has 0 aliphatic rings. The van der Waals surface area contributed by atoms with Crippen LogP contribution in [0, 0.1) is 6.92 Å². The molecule has 0 aliphatic carbocycles. The van der Waals surface area contributed by atoms with E-state index in [0.29, 0.717) is 36.0 Å². The molecule has 0 saturated carbocycles. The van der Waals surface area contributed by atoms with Gasteiger partial charge in [-0.05, 0) is 43.2 Å². The molecule has 0 fully saturated rings. The van der Waals surface area contributed by atoms with E-state index in [1.165, 1.54) is 23.9 Å². The van der Waals surface area contributed by atoms with Crippen LogP contribution in [0.3, 0.4) is 0 Å². The summed E-state index contributed by atoms with van der Waals surface area (Å²) in [6, 6.07) is 13.6. The van der Waals surface area contributed by atoms with Crippen molar-refractivity contribution in [3.8, 4) is 5.75 Å². The van der Waals surface area contributed by atoms with Crippen molar-refractivity contribution in [2.24, 2.45) is 0 Å². The van der Waals surface area contributed by atoms with Crippen molar-refractivity contribution in [2.75, 3.05) is 6.54 Å². The van der Waals surface area contributed by atoms with Gasteiger partial charge in [-0.25, -0.2) is 0 Å². The molecule has 1 amide bonds. The Morgan fingerprint density at radius 2 is 1.97 bits per heavy atom. The molecule has 152 valence electrons. The van der Waals surface area contributed by atoms with E-state index >= 15 is 0 Å². The summed E-state index contributed by atoms with van der Waals surface area (Å²) in [5.74, 6) is 1.46. The fraction of sp³-hybridized carbons (Fsp3) is 0.250. The Kier molecular flexibility index (Phi) is 7.18. The monoisotopic (exact) mass is 419 g/mol. The van der Waals surface area contributed by atoms with Gasteiger partial charge in [0.15, 0.2) is 5.82 Å². The predicted molar refractivity (Wildman–Crippen MR) is 104 cm³/mol. The van der Waals surface area contributed by atoms with E-state index < -0.39 is 6.61 Å². The van der Waals surface area contributed by atoms with Crippen LogP contribution in [0.5, 0.6) is 5.75 Å². The molecule has 0 spiro atoms. The number of aromatic nitrogens is 2. The van der Waals surface area contributed by atoms with Crippen LogP contribution in [0.1, 0.15) is 27.6 Å². The van der Waals surface area contributed by atoms with E-state index in [1.807, 2.05) is 12.1 Å². The molecule has 6 nitrogen and oxygen atoms in total. The summed E-state index contributed by atoms with van der Waals surface area (Å²) >= 11 is 1.45. The Morgan fingerprint density at radius 1 is 1.21 bits per heavy atom. The minimum atomic E-state index is -2.85. The van der Waals surface area contributed by atoms with Crippen molar-refractivity contribution >= 4 is 17.7 Å². The Bertz CT molecular complexity index is 948. The fourth-order valence-electron chi connectivity index (χ4n) is 2.57. The van der Waals surface area contributed by atoms with Gasteiger partial charge < -0.3 is 14.6 Å². The maximum absolute atomic E-state index is 12.6. The number of rotatable bonds is 9. The molecule has 29 heavy (non-hydrogen) atoms. The van der Waals surface area contributed by atoms with Crippen molar-refractivity contribution < 1.29 is 22.8 Å². The molecule has 9 heteroatoms. The number of carbonyl (C=O) groups is 1. The van der Waals surface area contributed by atoms with E-state index in [4.69, 9.17) is 4.52 Å². The van der Waals surface area contributed by atoms with Gasteiger partial charge in [0.25, 0.3) is 5.91 Å². The molecule has 3 aromatic rings. The first-order valence-electron chi connectivity index (χ1n) is 8.84. The quantitative estimate of drug-likeness (QED) is 0.523. The minimum absolute atomic E-state index is 0.107. The number of ether oxygens (including phenoxy) is 1. The first-order chi connectivity index (χ1) is 14.0. The second-order valence-electron chi connectivity index (χ2n) is 6.05. The van der Waals surface area contributed by atoms with Crippen LogP contribution < -0.4 is 10.1 Å². The highest BCUT2D eigenvalue weighted by Crippen LogP contribution is 2.25. The van der Waals surface area contributed by atoms with Crippen molar-refractivity contribution in [3.05, 3.63) is 71.4 Å². The van der Waals surface area contributed by atoms with E-state index in [1.54, 1.807) is 31.2 Å². The topological polar surface area (TPSA) is 77.2 Å². The summed E-state index contributed by atoms with van der Waals surface area (Å²) in [4.78, 5) is 17.5. The highest BCUT2D eigenvalue weighted by molar-refractivity contribution is 7.98. The fourth-order valence-corrected chi connectivity index (χ4v) is 3.46. The predicted octanol–water partition coefficient (Wildman–Crippen LogP) is 4.24. The van der Waals surface area contributed by atoms with Crippen LogP contribution in [0.2, 0.25) is 0 Å². The lowest BCUT2D eigenvalue weighted by molar-refractivity contribution is -0.0498. The Balaban J connectivity index is 1.52. The second-order valence-corrected chi connectivity index (χ2v) is 7.07. The third-order valence-corrected chi connectivity index (χ3v) is 4.96. The van der Waals surface area contributed by atoms with Crippen molar-refractivity contribution in [2.45, 2.75) is 30.6 Å². The van der Waals surface area contributed by atoms with Crippen molar-refractivity contribution in [1.29, 1.82) is 0 Å². The number of hydrogen-bond donors (Lipinski definition) is 1. The zero-order valence-electron chi connectivity index (χ0n) is 15.6. The van der Waals surface area contributed by atoms with Crippen LogP contribution in [0.4, 0.5) is 8.78 Å². The van der Waals surface area contributed by atoms with Crippen LogP contribution in [0.25, 0.3) is 0 Å². The SMILES string of the molecule is Cc1noc(CSc2ccccc2C(=O)NCCc2ccc(OC(F)F)cc2)n1. The molecule has 1 heterocycles.